The Balaban J connectivity index is 1.95. The number of hydrogen-bond acceptors (Lipinski definition) is 4. The number of rotatable bonds is 5. The summed E-state index contributed by atoms with van der Waals surface area (Å²) in [5.74, 6) is 1.44. The van der Waals surface area contributed by atoms with Crippen LogP contribution in [0.1, 0.15) is 5.56 Å². The molecule has 0 amide bonds. The highest BCUT2D eigenvalue weighted by atomic mass is 16.5. The Bertz CT molecular complexity index is 887. The molecule has 3 aromatic rings. The monoisotopic (exact) mass is 310 g/mol. The Hall–Kier alpha value is -2.95. The Morgan fingerprint density at radius 3 is 2.65 bits per heavy atom. The topological polar surface area (TPSA) is 63.3 Å². The fourth-order valence-electron chi connectivity index (χ4n) is 2.57. The standard InChI is InChI=1S/C18H18N2O3/c1-22-14-6-3-5-13(10-14)19-11-12-9-17(21)20-18-15(12)7-4-8-16(18)23-2/h3-10,19H,11H2,1-2H3,(H,20,21). The van der Waals surface area contributed by atoms with Gasteiger partial charge < -0.3 is 19.8 Å². The molecule has 2 aromatic carbocycles. The SMILES string of the molecule is COc1cccc(NCc2cc(=O)[nH]c3c(OC)cccc23)c1. The molecular formula is C18H18N2O3. The molecule has 0 aliphatic carbocycles. The highest BCUT2D eigenvalue weighted by molar-refractivity contribution is 5.87. The molecule has 5 nitrogen and oxygen atoms in total. The van der Waals surface area contributed by atoms with Crippen molar-refractivity contribution in [2.45, 2.75) is 6.54 Å². The van der Waals surface area contributed by atoms with Crippen molar-refractivity contribution >= 4 is 16.6 Å². The molecule has 0 saturated heterocycles. The minimum atomic E-state index is -0.149. The van der Waals surface area contributed by atoms with Gasteiger partial charge in [-0.25, -0.2) is 0 Å². The zero-order valence-electron chi connectivity index (χ0n) is 13.1. The summed E-state index contributed by atoms with van der Waals surface area (Å²) in [7, 11) is 3.23. The van der Waals surface area contributed by atoms with Gasteiger partial charge in [0.05, 0.1) is 19.7 Å². The number of aromatic amines is 1. The van der Waals surface area contributed by atoms with Gasteiger partial charge in [0.25, 0.3) is 0 Å². The molecule has 0 saturated carbocycles. The lowest BCUT2D eigenvalue weighted by Gasteiger charge is -2.11. The predicted molar refractivity (Wildman–Crippen MR) is 91.4 cm³/mol. The molecule has 0 atom stereocenters. The number of ether oxygens (including phenoxy) is 2. The molecule has 1 aromatic heterocycles. The van der Waals surface area contributed by atoms with Gasteiger partial charge in [-0.2, -0.15) is 0 Å². The number of aromatic nitrogens is 1. The summed E-state index contributed by atoms with van der Waals surface area (Å²) >= 11 is 0. The molecule has 118 valence electrons. The molecule has 23 heavy (non-hydrogen) atoms. The van der Waals surface area contributed by atoms with Crippen molar-refractivity contribution in [3.63, 3.8) is 0 Å². The van der Waals surface area contributed by atoms with Crippen molar-refractivity contribution in [1.29, 1.82) is 0 Å². The van der Waals surface area contributed by atoms with E-state index in [0.29, 0.717) is 17.8 Å². The van der Waals surface area contributed by atoms with Crippen LogP contribution in [-0.2, 0) is 6.54 Å². The lowest BCUT2D eigenvalue weighted by molar-refractivity contribution is 0.415. The molecule has 0 aliphatic heterocycles. The van der Waals surface area contributed by atoms with Crippen molar-refractivity contribution in [3.05, 3.63) is 64.4 Å². The number of nitrogens with one attached hydrogen (secondary N) is 2. The number of H-pyrrole nitrogens is 1. The first-order chi connectivity index (χ1) is 11.2. The van der Waals surface area contributed by atoms with Gasteiger partial charge in [0.2, 0.25) is 5.56 Å². The fourth-order valence-corrected chi connectivity index (χ4v) is 2.57. The molecular weight excluding hydrogens is 292 g/mol. The molecule has 5 heteroatoms. The number of anilines is 1. The average Bonchev–Trinajstić information content (AvgIpc) is 2.59. The van der Waals surface area contributed by atoms with Gasteiger partial charge in [-0.05, 0) is 23.8 Å². The first kappa shape index (κ1) is 15.0. The van der Waals surface area contributed by atoms with E-state index in [0.717, 1.165) is 22.4 Å². The van der Waals surface area contributed by atoms with E-state index in [1.54, 1.807) is 20.3 Å². The second-order valence-electron chi connectivity index (χ2n) is 5.13. The van der Waals surface area contributed by atoms with E-state index in [1.165, 1.54) is 0 Å². The number of para-hydroxylation sites is 1. The van der Waals surface area contributed by atoms with E-state index in [9.17, 15) is 4.79 Å². The van der Waals surface area contributed by atoms with Crippen molar-refractivity contribution in [2.24, 2.45) is 0 Å². The van der Waals surface area contributed by atoms with E-state index < -0.39 is 0 Å². The largest absolute Gasteiger partial charge is 0.497 e. The van der Waals surface area contributed by atoms with Crippen molar-refractivity contribution in [2.75, 3.05) is 19.5 Å². The lowest BCUT2D eigenvalue weighted by atomic mass is 10.1. The van der Waals surface area contributed by atoms with Gasteiger partial charge in [0.1, 0.15) is 11.5 Å². The summed E-state index contributed by atoms with van der Waals surface area (Å²) in [6.07, 6.45) is 0. The highest BCUT2D eigenvalue weighted by Crippen LogP contribution is 2.25. The minimum absolute atomic E-state index is 0.149. The third-order valence-electron chi connectivity index (χ3n) is 3.70. The third kappa shape index (κ3) is 3.13. The quantitative estimate of drug-likeness (QED) is 0.760. The molecule has 0 unspecified atom stereocenters. The second kappa shape index (κ2) is 6.44. The molecule has 0 radical (unpaired) electrons. The molecule has 0 spiro atoms. The maximum Gasteiger partial charge on any atom is 0.248 e. The van der Waals surface area contributed by atoms with Crippen LogP contribution < -0.4 is 20.3 Å². The maximum atomic E-state index is 11.9. The molecule has 2 N–H and O–H groups in total. The summed E-state index contributed by atoms with van der Waals surface area (Å²) in [6.45, 7) is 0.529. The predicted octanol–water partition coefficient (Wildman–Crippen LogP) is 3.16. The Kier molecular flexibility index (Phi) is 4.19. The van der Waals surface area contributed by atoms with Crippen molar-refractivity contribution < 1.29 is 9.47 Å². The van der Waals surface area contributed by atoms with Crippen LogP contribution in [0.4, 0.5) is 5.69 Å². The second-order valence-corrected chi connectivity index (χ2v) is 5.13. The van der Waals surface area contributed by atoms with E-state index in [4.69, 9.17) is 9.47 Å². The van der Waals surface area contributed by atoms with Crippen LogP contribution in [0.5, 0.6) is 11.5 Å². The van der Waals surface area contributed by atoms with Crippen LogP contribution in [0.2, 0.25) is 0 Å². The van der Waals surface area contributed by atoms with Crippen LogP contribution >= 0.6 is 0 Å². The normalized spacial score (nSPS) is 10.5. The van der Waals surface area contributed by atoms with Gasteiger partial charge in [0, 0.05) is 29.8 Å². The Morgan fingerprint density at radius 2 is 1.87 bits per heavy atom. The first-order valence-electron chi connectivity index (χ1n) is 7.28. The summed E-state index contributed by atoms with van der Waals surface area (Å²) < 4.78 is 10.5. The molecule has 0 aliphatic rings. The number of methoxy groups -OCH3 is 2. The fraction of sp³-hybridized carbons (Fsp3) is 0.167. The molecule has 3 rings (SSSR count). The molecule has 1 heterocycles. The lowest BCUT2D eigenvalue weighted by Crippen LogP contribution is -2.10. The number of hydrogen-bond donors (Lipinski definition) is 2. The average molecular weight is 310 g/mol. The summed E-state index contributed by atoms with van der Waals surface area (Å²) in [5.41, 5.74) is 2.40. The first-order valence-corrected chi connectivity index (χ1v) is 7.28. The number of benzene rings is 2. The van der Waals surface area contributed by atoms with E-state index in [1.807, 2.05) is 42.5 Å². The van der Waals surface area contributed by atoms with Crippen LogP contribution in [0.3, 0.4) is 0 Å². The van der Waals surface area contributed by atoms with Gasteiger partial charge in [0.15, 0.2) is 0 Å². The summed E-state index contributed by atoms with van der Waals surface area (Å²) in [4.78, 5) is 14.8. The summed E-state index contributed by atoms with van der Waals surface area (Å²) in [5, 5.41) is 4.28. The van der Waals surface area contributed by atoms with E-state index in [2.05, 4.69) is 10.3 Å². The maximum absolute atomic E-state index is 11.9. The van der Waals surface area contributed by atoms with Crippen LogP contribution in [0.15, 0.2) is 53.3 Å². The Labute approximate surface area is 133 Å². The minimum Gasteiger partial charge on any atom is -0.497 e. The van der Waals surface area contributed by atoms with Gasteiger partial charge in [-0.15, -0.1) is 0 Å². The van der Waals surface area contributed by atoms with Crippen LogP contribution in [0.25, 0.3) is 10.9 Å². The van der Waals surface area contributed by atoms with Crippen LogP contribution in [0, 0.1) is 0 Å². The van der Waals surface area contributed by atoms with Gasteiger partial charge in [-0.1, -0.05) is 18.2 Å². The van der Waals surface area contributed by atoms with Crippen molar-refractivity contribution in [1.82, 2.24) is 4.98 Å². The number of pyridine rings is 1. The van der Waals surface area contributed by atoms with E-state index in [-0.39, 0.29) is 5.56 Å². The van der Waals surface area contributed by atoms with Crippen LogP contribution in [-0.4, -0.2) is 19.2 Å². The molecule has 0 fully saturated rings. The Morgan fingerprint density at radius 1 is 1.04 bits per heavy atom. The van der Waals surface area contributed by atoms with Crippen molar-refractivity contribution in [3.8, 4) is 11.5 Å². The third-order valence-corrected chi connectivity index (χ3v) is 3.70. The number of fused-ring (bicyclic) bond motifs is 1. The zero-order chi connectivity index (χ0) is 16.2. The highest BCUT2D eigenvalue weighted by Gasteiger charge is 2.08. The molecule has 0 bridgehead atoms. The van der Waals surface area contributed by atoms with E-state index >= 15 is 0 Å². The van der Waals surface area contributed by atoms with Gasteiger partial charge >= 0.3 is 0 Å². The zero-order valence-corrected chi connectivity index (χ0v) is 13.1. The smallest absolute Gasteiger partial charge is 0.248 e. The van der Waals surface area contributed by atoms with Gasteiger partial charge in [-0.3, -0.25) is 4.79 Å². The summed E-state index contributed by atoms with van der Waals surface area (Å²) in [6, 6.07) is 15.0.